The Kier molecular flexibility index (Phi) is 7.40. The molecular weight excluding hydrogens is 497 g/mol. The average molecular weight is 529 g/mol. The number of hydrogen-bond donors (Lipinski definition) is 3. The number of aromatic nitrogens is 3. The number of carbonyl (C=O) groups excluding carboxylic acids is 1. The van der Waals surface area contributed by atoms with Gasteiger partial charge in [-0.05, 0) is 56.9 Å². The van der Waals surface area contributed by atoms with Crippen LogP contribution < -0.4 is 10.6 Å². The molecule has 38 heavy (non-hydrogen) atoms. The van der Waals surface area contributed by atoms with Crippen LogP contribution in [0.5, 0.6) is 0 Å². The SMILES string of the molecule is Cc1cc(F)c(C(=O)NC2CC2)cc1-n1cc(-c2cc(N[C@H]3CCN(C[C@H](C)O)C[C@H]3F)cnc2F)cn1. The number of likely N-dealkylation sites (tertiary alicyclic amines) is 1. The summed E-state index contributed by atoms with van der Waals surface area (Å²) in [6, 6.07) is 3.90. The van der Waals surface area contributed by atoms with Crippen LogP contribution in [0.3, 0.4) is 0 Å². The number of amides is 1. The first-order valence-corrected chi connectivity index (χ1v) is 12.8. The first kappa shape index (κ1) is 26.2. The van der Waals surface area contributed by atoms with Crippen LogP contribution in [0.2, 0.25) is 0 Å². The van der Waals surface area contributed by atoms with Gasteiger partial charge in [0, 0.05) is 43.0 Å². The molecule has 2 aliphatic rings. The third-order valence-corrected chi connectivity index (χ3v) is 6.92. The quantitative estimate of drug-likeness (QED) is 0.387. The van der Waals surface area contributed by atoms with Crippen molar-refractivity contribution in [2.75, 3.05) is 25.0 Å². The zero-order chi connectivity index (χ0) is 27.0. The molecular formula is C27H31F3N6O2. The van der Waals surface area contributed by atoms with Crippen molar-refractivity contribution < 1.29 is 23.1 Å². The Morgan fingerprint density at radius 2 is 2.00 bits per heavy atom. The molecule has 5 rings (SSSR count). The average Bonchev–Trinajstić information content (AvgIpc) is 3.54. The Morgan fingerprint density at radius 3 is 2.71 bits per heavy atom. The standard InChI is InChI=1S/C27H31F3N6O2/c1-15-7-22(28)21(27(38)34-18-3-4-18)9-25(15)36-13-17(10-32-36)20-8-19(11-31-26(20)30)33-24-5-6-35(12-16(2)37)14-23(24)29/h7-11,13,16,18,23-24,33,37H,3-6,12,14H2,1-2H3,(H,34,38)/t16-,23+,24-/m0/s1. The molecule has 8 nitrogen and oxygen atoms in total. The second-order valence-corrected chi connectivity index (χ2v) is 10.3. The zero-order valence-electron chi connectivity index (χ0n) is 21.3. The van der Waals surface area contributed by atoms with E-state index in [9.17, 15) is 23.1 Å². The number of nitrogens with one attached hydrogen (secondary N) is 2. The second kappa shape index (κ2) is 10.7. The van der Waals surface area contributed by atoms with Crippen LogP contribution in [0, 0.1) is 18.7 Å². The molecule has 1 aliphatic carbocycles. The number of anilines is 1. The number of hydrogen-bond acceptors (Lipinski definition) is 6. The van der Waals surface area contributed by atoms with Crippen LogP contribution >= 0.6 is 0 Å². The smallest absolute Gasteiger partial charge is 0.254 e. The summed E-state index contributed by atoms with van der Waals surface area (Å²) in [6.45, 7) is 4.63. The van der Waals surface area contributed by atoms with Crippen molar-refractivity contribution in [3.8, 4) is 16.8 Å². The summed E-state index contributed by atoms with van der Waals surface area (Å²) in [5.41, 5.74) is 2.05. The van der Waals surface area contributed by atoms with Crippen LogP contribution in [0.1, 0.15) is 42.1 Å². The van der Waals surface area contributed by atoms with E-state index in [0.29, 0.717) is 42.0 Å². The number of β-amino-alcohol motifs (C(OH)–C–C–N with tert-alkyl or cyclic N) is 1. The molecule has 0 spiro atoms. The minimum atomic E-state index is -1.16. The highest BCUT2D eigenvalue weighted by Gasteiger charge is 2.30. The lowest BCUT2D eigenvalue weighted by atomic mass is 10.0. The highest BCUT2D eigenvalue weighted by Crippen LogP contribution is 2.28. The molecule has 1 aliphatic heterocycles. The summed E-state index contributed by atoms with van der Waals surface area (Å²) in [5, 5.41) is 19.8. The van der Waals surface area contributed by atoms with Gasteiger partial charge in [-0.15, -0.1) is 0 Å². The number of aliphatic hydroxyl groups excluding tert-OH is 1. The topological polar surface area (TPSA) is 95.3 Å². The molecule has 2 fully saturated rings. The third-order valence-electron chi connectivity index (χ3n) is 6.92. The molecule has 3 N–H and O–H groups in total. The molecule has 1 saturated carbocycles. The number of aliphatic hydroxyl groups is 1. The molecule has 11 heteroatoms. The lowest BCUT2D eigenvalue weighted by Gasteiger charge is -2.36. The van der Waals surface area contributed by atoms with Crippen LogP contribution in [-0.2, 0) is 0 Å². The van der Waals surface area contributed by atoms with E-state index in [1.807, 2.05) is 4.90 Å². The molecule has 1 amide bonds. The number of alkyl halides is 1. The number of pyridine rings is 1. The minimum absolute atomic E-state index is 0.0751. The Labute approximate surface area is 218 Å². The molecule has 3 aromatic rings. The fraction of sp³-hybridized carbons (Fsp3) is 0.444. The molecule has 1 aromatic carbocycles. The summed E-state index contributed by atoms with van der Waals surface area (Å²) >= 11 is 0. The second-order valence-electron chi connectivity index (χ2n) is 10.3. The monoisotopic (exact) mass is 528 g/mol. The van der Waals surface area contributed by atoms with Gasteiger partial charge in [0.05, 0.1) is 41.5 Å². The summed E-state index contributed by atoms with van der Waals surface area (Å²) < 4.78 is 45.6. The van der Waals surface area contributed by atoms with Crippen LogP contribution in [0.4, 0.5) is 18.9 Å². The van der Waals surface area contributed by atoms with E-state index in [1.54, 1.807) is 26.1 Å². The Balaban J connectivity index is 1.34. The molecule has 3 heterocycles. The van der Waals surface area contributed by atoms with Gasteiger partial charge < -0.3 is 15.7 Å². The van der Waals surface area contributed by atoms with E-state index < -0.39 is 36.0 Å². The number of benzene rings is 1. The minimum Gasteiger partial charge on any atom is -0.392 e. The Bertz CT molecular complexity index is 1330. The number of aryl methyl sites for hydroxylation is 1. The van der Waals surface area contributed by atoms with Gasteiger partial charge in [0.25, 0.3) is 5.91 Å². The van der Waals surface area contributed by atoms with E-state index in [0.717, 1.165) is 12.8 Å². The van der Waals surface area contributed by atoms with Gasteiger partial charge in [-0.3, -0.25) is 9.69 Å². The fourth-order valence-electron chi connectivity index (χ4n) is 4.78. The van der Waals surface area contributed by atoms with Gasteiger partial charge in [-0.25, -0.2) is 18.4 Å². The molecule has 0 bridgehead atoms. The summed E-state index contributed by atoms with van der Waals surface area (Å²) in [6.07, 6.45) is 4.98. The summed E-state index contributed by atoms with van der Waals surface area (Å²) in [5.74, 6) is -1.80. The maximum absolute atomic E-state index is 14.8. The molecule has 1 saturated heterocycles. The van der Waals surface area contributed by atoms with Gasteiger partial charge in [-0.1, -0.05) is 0 Å². The fourth-order valence-corrected chi connectivity index (χ4v) is 4.78. The number of nitrogens with zero attached hydrogens (tertiary/aromatic N) is 4. The van der Waals surface area contributed by atoms with Crippen molar-refractivity contribution in [1.29, 1.82) is 0 Å². The third kappa shape index (κ3) is 5.83. The van der Waals surface area contributed by atoms with Crippen molar-refractivity contribution in [3.05, 3.63) is 59.7 Å². The van der Waals surface area contributed by atoms with Crippen molar-refractivity contribution >= 4 is 11.6 Å². The van der Waals surface area contributed by atoms with Crippen molar-refractivity contribution in [3.63, 3.8) is 0 Å². The number of piperidine rings is 1. The van der Waals surface area contributed by atoms with E-state index in [2.05, 4.69) is 20.7 Å². The lowest BCUT2D eigenvalue weighted by molar-refractivity contribution is 0.0760. The van der Waals surface area contributed by atoms with E-state index in [4.69, 9.17) is 0 Å². The van der Waals surface area contributed by atoms with Gasteiger partial charge in [0.15, 0.2) is 0 Å². The maximum atomic E-state index is 14.8. The highest BCUT2D eigenvalue weighted by atomic mass is 19.1. The van der Waals surface area contributed by atoms with Crippen molar-refractivity contribution in [1.82, 2.24) is 25.0 Å². The molecule has 202 valence electrons. The molecule has 0 unspecified atom stereocenters. The number of rotatable bonds is 8. The van der Waals surface area contributed by atoms with Gasteiger partial charge in [0.2, 0.25) is 5.95 Å². The van der Waals surface area contributed by atoms with Crippen molar-refractivity contribution in [2.24, 2.45) is 0 Å². The normalized spacial score (nSPS) is 20.8. The Hall–Kier alpha value is -3.44. The van der Waals surface area contributed by atoms with Gasteiger partial charge >= 0.3 is 0 Å². The predicted molar refractivity (Wildman–Crippen MR) is 137 cm³/mol. The number of carbonyl (C=O) groups is 1. The Morgan fingerprint density at radius 1 is 1.21 bits per heavy atom. The lowest BCUT2D eigenvalue weighted by Crippen LogP contribution is -2.49. The predicted octanol–water partition coefficient (Wildman–Crippen LogP) is 3.62. The van der Waals surface area contributed by atoms with E-state index >= 15 is 0 Å². The van der Waals surface area contributed by atoms with Crippen molar-refractivity contribution in [2.45, 2.75) is 57.5 Å². The first-order chi connectivity index (χ1) is 18.2. The van der Waals surface area contributed by atoms with Crippen LogP contribution in [0.25, 0.3) is 16.8 Å². The number of halogens is 3. The van der Waals surface area contributed by atoms with E-state index in [1.165, 1.54) is 29.2 Å². The van der Waals surface area contributed by atoms with Gasteiger partial charge in [-0.2, -0.15) is 9.49 Å². The summed E-state index contributed by atoms with van der Waals surface area (Å²) in [4.78, 5) is 18.2. The zero-order valence-corrected chi connectivity index (χ0v) is 21.3. The molecule has 3 atom stereocenters. The first-order valence-electron chi connectivity index (χ1n) is 12.8. The van der Waals surface area contributed by atoms with Crippen LogP contribution in [0.15, 0.2) is 36.8 Å². The van der Waals surface area contributed by atoms with Crippen LogP contribution in [-0.4, -0.2) is 74.7 Å². The molecule has 2 aromatic heterocycles. The largest absolute Gasteiger partial charge is 0.392 e. The summed E-state index contributed by atoms with van der Waals surface area (Å²) in [7, 11) is 0. The molecule has 0 radical (unpaired) electrons. The van der Waals surface area contributed by atoms with E-state index in [-0.39, 0.29) is 23.7 Å². The highest BCUT2D eigenvalue weighted by molar-refractivity contribution is 5.95. The van der Waals surface area contributed by atoms with Gasteiger partial charge in [0.1, 0.15) is 12.0 Å². The maximum Gasteiger partial charge on any atom is 0.254 e.